The highest BCUT2D eigenvalue weighted by Gasteiger charge is -0.0598. The Morgan fingerprint density at radius 3 is 0.133 bits per heavy atom. The lowest BCUT2D eigenvalue weighted by Gasteiger charge is -0.345. The molecule has 0 aliphatic carbocycles. The van der Waals surface area contributed by atoms with Crippen LogP contribution in [0.25, 0.3) is 0 Å². The van der Waals surface area contributed by atoms with Crippen molar-refractivity contribution in [3.8, 4) is 0 Å². The molecule has 0 aromatic heterocycles. The van der Waals surface area contributed by atoms with Crippen molar-refractivity contribution in [1.82, 2.24) is 73.7 Å². The van der Waals surface area contributed by atoms with Crippen molar-refractivity contribution in [3.63, 3.8) is 0 Å². The monoisotopic (exact) mass is 505 g/mol. The lowest BCUT2D eigenvalue weighted by Crippen LogP contribution is -0.482. The Balaban J connectivity index is -0.00000000129. The number of hydrogen-bond donors (Lipinski definition) is 12. The molecule has 0 fully saturated rings. The molecule has 0 bridgehead atoms. The number of rotatable bonds is 0. The summed E-state index contributed by atoms with van der Waals surface area (Å²) in [7, 11) is 0. The Bertz CT molecular complexity index is 65.4. The van der Waals surface area contributed by atoms with E-state index in [1.54, 1.807) is 0 Å². The van der Waals surface area contributed by atoms with Crippen molar-refractivity contribution in [2.45, 2.75) is 134 Å². The van der Waals surface area contributed by atoms with Crippen LogP contribution in [0.15, 0.2) is 0 Å². The zero-order chi connectivity index (χ0) is 24.0. The first-order valence-corrected chi connectivity index (χ1v) is 0. The molecule has 0 aliphatic heterocycles. The minimum absolute atomic E-state index is 0. The van der Waals surface area contributed by atoms with E-state index in [0.29, 0.717) is 0 Å². The second kappa shape index (κ2) is 93700. The first-order chi connectivity index (χ1) is 12.0. The topological polar surface area (TPSA) is 420 Å². The summed E-state index contributed by atoms with van der Waals surface area (Å²) >= 11 is 0. The van der Waals surface area contributed by atoms with Crippen LogP contribution in [-0.2, 0) is 0 Å². The van der Waals surface area contributed by atoms with Gasteiger partial charge >= 0.3 is 0 Å². The predicted octanol–water partition coefficient (Wildman–Crippen LogP) is 13.4. The van der Waals surface area contributed by atoms with E-state index in [1.807, 2.05) is 0 Å². The van der Waals surface area contributed by atoms with Crippen molar-refractivity contribution in [2.75, 3.05) is 0 Å². The van der Waals surface area contributed by atoms with E-state index in [2.05, 4.69) is 73.7 Å². The summed E-state index contributed by atoms with van der Waals surface area (Å²) in [5.74, 6) is 0. The minimum Gasteiger partial charge on any atom is -0.344 e. The van der Waals surface area contributed by atoms with Crippen molar-refractivity contribution < 1.29 is 16.9 Å². The average Bonchev–Trinajstić information content (AvgIpc) is 2.84. The van der Waals surface area contributed by atoms with Crippen molar-refractivity contribution in [1.29, 1.82) is 0 Å². The molecule has 0 rings (SSSR count). The summed E-state index contributed by atoms with van der Waals surface area (Å²) in [5, 5.41) is 0. The van der Waals surface area contributed by atoms with Crippen LogP contribution in [0.2, 0.25) is 16.9 Å². The molecule has 0 unspecified atom stereocenters. The molecule has 30 heavy (non-hydrogen) atoms. The summed E-state index contributed by atoms with van der Waals surface area (Å²) < 4.78 is 63.0. The molecule has 0 aromatic rings. The highest BCUT2D eigenvalue weighted by molar-refractivity contribution is 2.52. The molecule has 0 aromatic carbocycles. The van der Waals surface area contributed by atoms with Gasteiger partial charge in [-0.3, -0.25) is 0 Å². The molecule has 0 atom stereocenters. The SMILES string of the molecule is C.C.C.C.C.C.C.C.C.C.C.C.C.C.C.C.C.C.[2H]N.[2H]N.[2H]N.[2H]N.[2H]N.[2H]N.[2H]N.[2H]N.[2H]N.[2H]N.[2H]N.[2H]N. The van der Waals surface area contributed by atoms with Crippen molar-refractivity contribution >= 4 is 0 Å². The maximum atomic E-state index is 5.25. The highest BCUT2D eigenvalue weighted by atomic mass is 14.0. The van der Waals surface area contributed by atoms with Crippen LogP contribution in [-0.4, -0.2) is 0 Å². The summed E-state index contributed by atoms with van der Waals surface area (Å²) in [5.41, 5.74) is 0. The molecule has 36 N–H and O–H groups in total. The van der Waals surface area contributed by atoms with Crippen molar-refractivity contribution in [3.05, 3.63) is 0 Å². The third kappa shape index (κ3) is 84000. The maximum Gasteiger partial charge on any atom is 0.115 e. The van der Waals surface area contributed by atoms with Crippen LogP contribution in [0.3, 0.4) is 0 Å². The van der Waals surface area contributed by atoms with Crippen LogP contribution in [0.1, 0.15) is 134 Å². The van der Waals surface area contributed by atoms with Gasteiger partial charge in [0, 0.05) is 0 Å². The van der Waals surface area contributed by atoms with Gasteiger partial charge in [-0.15, -0.1) is 0 Å². The molecule has 0 saturated heterocycles. The molecular formula is C18H108N12. The Morgan fingerprint density at radius 1 is 0.133 bits per heavy atom. The van der Waals surface area contributed by atoms with Gasteiger partial charge in [-0.1, -0.05) is 134 Å². The standard InChI is InChI=1S/18CH4.12H3N/h18*1H4;12*1H3/i/hD12. The smallest absolute Gasteiger partial charge is 0.115 e. The molecule has 0 heterocycles. The minimum atomic E-state index is 0. The largest absolute Gasteiger partial charge is 0.344 e. The molecule has 240 valence electrons. The van der Waals surface area contributed by atoms with E-state index >= 15 is 0 Å². The van der Waals surface area contributed by atoms with Crippen LogP contribution in [0.4, 0.5) is 0 Å². The first-order valence-electron chi connectivity index (χ1n) is 6.93. The Hall–Kier alpha value is -0.480. The Labute approximate surface area is 225 Å². The fraction of sp³-hybridized carbons (Fsp3) is 1.00. The van der Waals surface area contributed by atoms with Crippen molar-refractivity contribution in [2.24, 2.45) is 0 Å². The fourth-order valence-electron chi connectivity index (χ4n) is 0. The number of hydrogen-bond acceptors (Lipinski definition) is 12. The predicted molar refractivity (Wildman–Crippen MR) is 181 cm³/mol. The molecule has 0 radical (unpaired) electrons. The molecule has 0 saturated carbocycles. The van der Waals surface area contributed by atoms with Crippen LogP contribution >= 0.6 is 0 Å². The van der Waals surface area contributed by atoms with Gasteiger partial charge in [-0.25, -0.2) is 0 Å². The lowest BCUT2D eigenvalue weighted by molar-refractivity contribution is 2.13. The van der Waals surface area contributed by atoms with Gasteiger partial charge in [-0.05, 0) is 0 Å². The van der Waals surface area contributed by atoms with E-state index in [-0.39, 0.29) is 134 Å². The average molecular weight is 505 g/mol. The van der Waals surface area contributed by atoms with Gasteiger partial charge in [-0.2, -0.15) is 0 Å². The van der Waals surface area contributed by atoms with E-state index in [4.69, 9.17) is 16.9 Å². The second-order valence-electron chi connectivity index (χ2n) is 0. The molecule has 0 spiro atoms. The van der Waals surface area contributed by atoms with Gasteiger partial charge in [0.1, 0.15) is 16.9 Å². The quantitative estimate of drug-likeness (QED) is 0.146. The first kappa shape index (κ1) is 181. The molecule has 0 amide bonds. The lowest BCUT2D eigenvalue weighted by atomic mass is 12.0. The van der Waals surface area contributed by atoms with Crippen LogP contribution in [0, 0.1) is 0 Å². The van der Waals surface area contributed by atoms with Gasteiger partial charge in [0.15, 0.2) is 0 Å². The zero-order valence-corrected chi connectivity index (χ0v) is 6.93. The second-order valence-corrected chi connectivity index (χ2v) is 0. The summed E-state index contributed by atoms with van der Waals surface area (Å²) in [6, 6.07) is 0. The van der Waals surface area contributed by atoms with Gasteiger partial charge in [0.05, 0.1) is 0 Å². The third-order valence-electron chi connectivity index (χ3n) is 0. The Morgan fingerprint density at radius 2 is 0.133 bits per heavy atom. The van der Waals surface area contributed by atoms with E-state index in [1.165, 1.54) is 0 Å². The van der Waals surface area contributed by atoms with Crippen LogP contribution in [0.5, 0.6) is 0 Å². The fourth-order valence-corrected chi connectivity index (χ4v) is 0. The summed E-state index contributed by atoms with van der Waals surface area (Å²) in [6.07, 6.45) is 45.0. The van der Waals surface area contributed by atoms with E-state index < -0.39 is 0 Å². The van der Waals surface area contributed by atoms with Gasteiger partial charge < -0.3 is 73.7 Å². The molecular weight excluding hydrogens is 384 g/mol. The Kier molecular flexibility index (Phi) is 565000. The van der Waals surface area contributed by atoms with Crippen LogP contribution < -0.4 is 73.7 Å². The molecule has 0 aliphatic rings. The molecule has 12 heteroatoms. The molecule has 12 nitrogen and oxygen atoms in total. The normalized spacial score (nSPS) is 2.80. The summed E-state index contributed by atoms with van der Waals surface area (Å²) in [4.78, 5) is 0. The summed E-state index contributed by atoms with van der Waals surface area (Å²) in [6.45, 7) is 0. The maximum absolute atomic E-state index is 5.25. The van der Waals surface area contributed by atoms with Gasteiger partial charge in [0.25, 0.3) is 0 Å². The van der Waals surface area contributed by atoms with E-state index in [9.17, 15) is 0 Å². The highest BCUT2D eigenvalue weighted by Crippen LogP contribution is 0.161. The van der Waals surface area contributed by atoms with E-state index in [0.717, 1.165) is 0 Å². The third-order valence-corrected chi connectivity index (χ3v) is 0. The van der Waals surface area contributed by atoms with Gasteiger partial charge in [0.2, 0.25) is 0 Å². The zero-order valence-electron chi connectivity index (χ0n) is 18.9.